The first-order chi connectivity index (χ1) is 6.68. The lowest BCUT2D eigenvalue weighted by atomic mass is 9.80. The third-order valence-corrected chi connectivity index (χ3v) is 2.96. The Bertz CT molecular complexity index is 353. The average molecular weight is 194 g/mol. The van der Waals surface area contributed by atoms with Crippen molar-refractivity contribution < 1.29 is 9.90 Å². The Morgan fingerprint density at radius 2 is 2.43 bits per heavy atom. The highest BCUT2D eigenvalue weighted by Crippen LogP contribution is 2.37. The molecular weight excluding hydrogens is 180 g/mol. The molecule has 0 radical (unpaired) electrons. The Morgan fingerprint density at radius 3 is 2.93 bits per heavy atom. The molecule has 1 aromatic rings. The average Bonchev–Trinajstić information content (AvgIpc) is 2.32. The van der Waals surface area contributed by atoms with E-state index in [1.54, 1.807) is 11.7 Å². The maximum atomic E-state index is 10.7. The topological polar surface area (TPSA) is 55.1 Å². The SMILES string of the molecule is Cn1ncc(C2CCC2)c1CC(=O)O. The Hall–Kier alpha value is -1.32. The molecule has 0 bridgehead atoms. The van der Waals surface area contributed by atoms with Crippen LogP contribution in [0.2, 0.25) is 0 Å². The Kier molecular flexibility index (Phi) is 2.27. The maximum Gasteiger partial charge on any atom is 0.309 e. The van der Waals surface area contributed by atoms with Crippen LogP contribution in [0.5, 0.6) is 0 Å². The van der Waals surface area contributed by atoms with Crippen LogP contribution in [0.15, 0.2) is 6.20 Å². The molecule has 1 aromatic heterocycles. The standard InChI is InChI=1S/C10H14N2O2/c1-12-9(5-10(13)14)8(6-11-12)7-3-2-4-7/h6-7H,2-5H2,1H3,(H,13,14). The highest BCUT2D eigenvalue weighted by atomic mass is 16.4. The van der Waals surface area contributed by atoms with Gasteiger partial charge in [-0.25, -0.2) is 0 Å². The lowest BCUT2D eigenvalue weighted by molar-refractivity contribution is -0.136. The van der Waals surface area contributed by atoms with E-state index in [9.17, 15) is 4.79 Å². The zero-order chi connectivity index (χ0) is 10.1. The summed E-state index contributed by atoms with van der Waals surface area (Å²) in [5, 5.41) is 12.9. The van der Waals surface area contributed by atoms with Gasteiger partial charge in [0.15, 0.2) is 0 Å². The summed E-state index contributed by atoms with van der Waals surface area (Å²) in [5.41, 5.74) is 2.00. The summed E-state index contributed by atoms with van der Waals surface area (Å²) >= 11 is 0. The molecule has 2 rings (SSSR count). The largest absolute Gasteiger partial charge is 0.481 e. The van der Waals surface area contributed by atoms with E-state index in [4.69, 9.17) is 5.11 Å². The third kappa shape index (κ3) is 1.52. The molecule has 0 aromatic carbocycles. The van der Waals surface area contributed by atoms with Crippen LogP contribution in [0.25, 0.3) is 0 Å². The molecule has 1 aliphatic carbocycles. The molecule has 1 N–H and O–H groups in total. The minimum Gasteiger partial charge on any atom is -0.481 e. The summed E-state index contributed by atoms with van der Waals surface area (Å²) in [5.74, 6) is -0.229. The summed E-state index contributed by atoms with van der Waals surface area (Å²) in [6.07, 6.45) is 5.52. The van der Waals surface area contributed by atoms with Gasteiger partial charge in [0.1, 0.15) is 0 Å². The Labute approximate surface area is 82.5 Å². The molecule has 0 aliphatic heterocycles. The lowest BCUT2D eigenvalue weighted by Gasteiger charge is -2.25. The van der Waals surface area contributed by atoms with Crippen molar-refractivity contribution in [2.45, 2.75) is 31.6 Å². The quantitative estimate of drug-likeness (QED) is 0.789. The Balaban J connectivity index is 2.25. The monoisotopic (exact) mass is 194 g/mol. The van der Waals surface area contributed by atoms with Gasteiger partial charge < -0.3 is 5.11 Å². The first kappa shape index (κ1) is 9.24. The van der Waals surface area contributed by atoms with Gasteiger partial charge in [-0.2, -0.15) is 5.10 Å². The highest BCUT2D eigenvalue weighted by molar-refractivity contribution is 5.70. The zero-order valence-corrected chi connectivity index (χ0v) is 8.23. The van der Waals surface area contributed by atoms with Crippen LogP contribution in [0.3, 0.4) is 0 Å². The summed E-state index contributed by atoms with van der Waals surface area (Å²) < 4.78 is 1.68. The van der Waals surface area contributed by atoms with Crippen molar-refractivity contribution in [3.63, 3.8) is 0 Å². The molecule has 0 saturated heterocycles. The third-order valence-electron chi connectivity index (χ3n) is 2.96. The van der Waals surface area contributed by atoms with Crippen LogP contribution in [-0.2, 0) is 18.3 Å². The van der Waals surface area contributed by atoms with Gasteiger partial charge in [-0.3, -0.25) is 9.48 Å². The van der Waals surface area contributed by atoms with Gasteiger partial charge in [0.05, 0.1) is 18.3 Å². The van der Waals surface area contributed by atoms with Crippen molar-refractivity contribution in [2.75, 3.05) is 0 Å². The summed E-state index contributed by atoms with van der Waals surface area (Å²) in [7, 11) is 1.81. The van der Waals surface area contributed by atoms with Crippen LogP contribution in [0, 0.1) is 0 Å². The van der Waals surface area contributed by atoms with Gasteiger partial charge in [-0.15, -0.1) is 0 Å². The van der Waals surface area contributed by atoms with Crippen LogP contribution >= 0.6 is 0 Å². The van der Waals surface area contributed by atoms with Crippen molar-refractivity contribution in [2.24, 2.45) is 7.05 Å². The molecule has 0 amide bonds. The van der Waals surface area contributed by atoms with E-state index in [0.29, 0.717) is 5.92 Å². The molecule has 4 heteroatoms. The van der Waals surface area contributed by atoms with Crippen molar-refractivity contribution in [1.82, 2.24) is 9.78 Å². The van der Waals surface area contributed by atoms with Crippen LogP contribution in [0.1, 0.15) is 36.4 Å². The number of nitrogens with zero attached hydrogens (tertiary/aromatic N) is 2. The first-order valence-electron chi connectivity index (χ1n) is 4.91. The van der Waals surface area contributed by atoms with Crippen molar-refractivity contribution >= 4 is 5.97 Å². The van der Waals surface area contributed by atoms with E-state index < -0.39 is 5.97 Å². The maximum absolute atomic E-state index is 10.7. The number of aromatic nitrogens is 2. The van der Waals surface area contributed by atoms with Gasteiger partial charge in [0.2, 0.25) is 0 Å². The second-order valence-electron chi connectivity index (χ2n) is 3.87. The van der Waals surface area contributed by atoms with Crippen LogP contribution < -0.4 is 0 Å². The van der Waals surface area contributed by atoms with Crippen LogP contribution in [-0.4, -0.2) is 20.9 Å². The molecule has 14 heavy (non-hydrogen) atoms. The molecule has 76 valence electrons. The number of carbonyl (C=O) groups is 1. The van der Waals surface area contributed by atoms with Gasteiger partial charge >= 0.3 is 5.97 Å². The van der Waals surface area contributed by atoms with E-state index >= 15 is 0 Å². The molecular formula is C10H14N2O2. The summed E-state index contributed by atoms with van der Waals surface area (Å²) in [4.78, 5) is 10.7. The minimum absolute atomic E-state index is 0.0856. The normalized spacial score (nSPS) is 16.6. The first-order valence-corrected chi connectivity index (χ1v) is 4.91. The number of carboxylic acids is 1. The smallest absolute Gasteiger partial charge is 0.309 e. The van der Waals surface area contributed by atoms with E-state index in [1.165, 1.54) is 19.3 Å². The van der Waals surface area contributed by atoms with Crippen molar-refractivity contribution in [3.8, 4) is 0 Å². The predicted octanol–water partition coefficient (Wildman–Crippen LogP) is 1.31. The number of aryl methyl sites for hydroxylation is 1. The zero-order valence-electron chi connectivity index (χ0n) is 8.23. The molecule has 1 aliphatic rings. The molecule has 0 unspecified atom stereocenters. The summed E-state index contributed by atoms with van der Waals surface area (Å²) in [6, 6.07) is 0. The fourth-order valence-electron chi connectivity index (χ4n) is 1.90. The molecule has 1 heterocycles. The van der Waals surface area contributed by atoms with E-state index in [0.717, 1.165) is 11.3 Å². The van der Waals surface area contributed by atoms with E-state index in [2.05, 4.69) is 5.10 Å². The second kappa shape index (κ2) is 3.44. The fraction of sp³-hybridized carbons (Fsp3) is 0.600. The molecule has 1 fully saturated rings. The second-order valence-corrected chi connectivity index (χ2v) is 3.87. The van der Waals surface area contributed by atoms with Crippen LogP contribution in [0.4, 0.5) is 0 Å². The van der Waals surface area contributed by atoms with Crippen molar-refractivity contribution in [1.29, 1.82) is 0 Å². The van der Waals surface area contributed by atoms with Gasteiger partial charge in [0, 0.05) is 7.05 Å². The van der Waals surface area contributed by atoms with E-state index in [-0.39, 0.29) is 6.42 Å². The predicted molar refractivity (Wildman–Crippen MR) is 51.1 cm³/mol. The molecule has 1 saturated carbocycles. The number of carboxylic acid groups (broad SMARTS) is 1. The minimum atomic E-state index is -0.783. The number of hydrogen-bond acceptors (Lipinski definition) is 2. The number of hydrogen-bond donors (Lipinski definition) is 1. The Morgan fingerprint density at radius 1 is 1.71 bits per heavy atom. The van der Waals surface area contributed by atoms with Gasteiger partial charge in [-0.05, 0) is 24.3 Å². The van der Waals surface area contributed by atoms with E-state index in [1.807, 2.05) is 6.20 Å². The molecule has 0 spiro atoms. The highest BCUT2D eigenvalue weighted by Gasteiger charge is 2.25. The number of rotatable bonds is 3. The summed E-state index contributed by atoms with van der Waals surface area (Å²) in [6.45, 7) is 0. The fourth-order valence-corrected chi connectivity index (χ4v) is 1.90. The van der Waals surface area contributed by atoms with Gasteiger partial charge in [-0.1, -0.05) is 6.42 Å². The lowest BCUT2D eigenvalue weighted by Crippen LogP contribution is -2.14. The molecule has 0 atom stereocenters. The van der Waals surface area contributed by atoms with Crippen molar-refractivity contribution in [3.05, 3.63) is 17.5 Å². The number of aliphatic carboxylic acids is 1. The van der Waals surface area contributed by atoms with Gasteiger partial charge in [0.25, 0.3) is 0 Å². The molecule has 4 nitrogen and oxygen atoms in total.